The van der Waals surface area contributed by atoms with E-state index in [-0.39, 0.29) is 11.9 Å². The van der Waals surface area contributed by atoms with Crippen molar-refractivity contribution in [3.63, 3.8) is 0 Å². The van der Waals surface area contributed by atoms with E-state index in [2.05, 4.69) is 4.74 Å². The van der Waals surface area contributed by atoms with Gasteiger partial charge in [0.2, 0.25) is 5.91 Å². The van der Waals surface area contributed by atoms with Gasteiger partial charge >= 0.3 is 5.97 Å². The van der Waals surface area contributed by atoms with Crippen LogP contribution in [0, 0.1) is 0 Å². The Labute approximate surface area is 96.9 Å². The first-order chi connectivity index (χ1) is 7.52. The minimum atomic E-state index is -0.423. The van der Waals surface area contributed by atoms with Crippen molar-refractivity contribution in [3.05, 3.63) is 0 Å². The number of carbonyl (C=O) groups is 2. The number of esters is 1. The molecule has 0 radical (unpaired) electrons. The number of likely N-dealkylation sites (N-methyl/N-ethyl adjacent to an activating group) is 1. The molecule has 0 saturated carbocycles. The van der Waals surface area contributed by atoms with Gasteiger partial charge in [0, 0.05) is 20.0 Å². The molecule has 2 N–H and O–H groups in total. The number of methoxy groups -OCH3 is 1. The molecule has 0 rings (SSSR count). The van der Waals surface area contributed by atoms with Crippen molar-refractivity contribution >= 4 is 11.9 Å². The molecule has 0 spiro atoms. The fraction of sp³-hybridized carbons (Fsp3) is 0.818. The predicted octanol–water partition coefficient (Wildman–Crippen LogP) is 0.525. The molecule has 1 atom stereocenters. The maximum atomic E-state index is 11.7. The van der Waals surface area contributed by atoms with E-state index in [1.54, 1.807) is 11.9 Å². The maximum absolute atomic E-state index is 11.7. The van der Waals surface area contributed by atoms with Gasteiger partial charge in [-0.05, 0) is 12.8 Å². The fourth-order valence-corrected chi connectivity index (χ4v) is 1.39. The smallest absolute Gasteiger partial charge is 0.305 e. The Morgan fingerprint density at radius 3 is 2.56 bits per heavy atom. The van der Waals surface area contributed by atoms with Crippen LogP contribution in [0.2, 0.25) is 0 Å². The molecule has 94 valence electrons. The van der Waals surface area contributed by atoms with Crippen molar-refractivity contribution in [3.8, 4) is 0 Å². The van der Waals surface area contributed by atoms with Crippen LogP contribution < -0.4 is 5.73 Å². The summed E-state index contributed by atoms with van der Waals surface area (Å²) in [4.78, 5) is 24.1. The number of carbonyl (C=O) groups excluding carboxylic acids is 2. The summed E-state index contributed by atoms with van der Waals surface area (Å²) >= 11 is 0. The van der Waals surface area contributed by atoms with Gasteiger partial charge in [-0.1, -0.05) is 13.3 Å². The molecule has 1 amide bonds. The van der Waals surface area contributed by atoms with Gasteiger partial charge in [0.25, 0.3) is 0 Å². The highest BCUT2D eigenvalue weighted by molar-refractivity contribution is 5.81. The molecule has 0 aliphatic rings. The summed E-state index contributed by atoms with van der Waals surface area (Å²) in [6.45, 7) is 2.52. The molecule has 0 aromatic carbocycles. The van der Waals surface area contributed by atoms with E-state index >= 15 is 0 Å². The quantitative estimate of drug-likeness (QED) is 0.647. The van der Waals surface area contributed by atoms with E-state index in [1.807, 2.05) is 6.92 Å². The molecule has 5 heteroatoms. The van der Waals surface area contributed by atoms with Crippen LogP contribution >= 0.6 is 0 Å². The Kier molecular flexibility index (Phi) is 7.54. The van der Waals surface area contributed by atoms with E-state index in [1.165, 1.54) is 7.11 Å². The molecule has 0 bridgehead atoms. The predicted molar refractivity (Wildman–Crippen MR) is 61.8 cm³/mol. The number of ether oxygens (including phenoxy) is 1. The van der Waals surface area contributed by atoms with Crippen LogP contribution in [0.5, 0.6) is 0 Å². The summed E-state index contributed by atoms with van der Waals surface area (Å²) in [7, 11) is 3.06. The molecule has 0 fully saturated rings. The first kappa shape index (κ1) is 14.9. The molecule has 0 aliphatic heterocycles. The second-order valence-corrected chi connectivity index (χ2v) is 3.83. The Hall–Kier alpha value is -1.10. The second-order valence-electron chi connectivity index (χ2n) is 3.83. The van der Waals surface area contributed by atoms with Crippen molar-refractivity contribution in [1.82, 2.24) is 4.90 Å². The molecular formula is C11H22N2O3. The fourth-order valence-electron chi connectivity index (χ4n) is 1.39. The highest BCUT2D eigenvalue weighted by Gasteiger charge is 2.16. The third-order valence-electron chi connectivity index (χ3n) is 2.40. The Morgan fingerprint density at radius 2 is 2.06 bits per heavy atom. The molecule has 16 heavy (non-hydrogen) atoms. The molecule has 0 aromatic heterocycles. The van der Waals surface area contributed by atoms with Crippen LogP contribution in [0.3, 0.4) is 0 Å². The van der Waals surface area contributed by atoms with Gasteiger partial charge in [-0.25, -0.2) is 0 Å². The van der Waals surface area contributed by atoms with E-state index < -0.39 is 6.04 Å². The number of nitrogens with zero attached hydrogens (tertiary/aromatic N) is 1. The van der Waals surface area contributed by atoms with Crippen molar-refractivity contribution < 1.29 is 14.3 Å². The summed E-state index contributed by atoms with van der Waals surface area (Å²) in [6, 6.07) is -0.423. The monoisotopic (exact) mass is 230 g/mol. The summed E-state index contributed by atoms with van der Waals surface area (Å²) in [5.41, 5.74) is 5.70. The highest BCUT2D eigenvalue weighted by Crippen LogP contribution is 2.01. The molecular weight excluding hydrogens is 208 g/mol. The minimum absolute atomic E-state index is 0.0632. The zero-order valence-electron chi connectivity index (χ0n) is 10.4. The lowest BCUT2D eigenvalue weighted by Gasteiger charge is -2.20. The lowest BCUT2D eigenvalue weighted by molar-refractivity contribution is -0.141. The Balaban J connectivity index is 3.83. The summed E-state index contributed by atoms with van der Waals surface area (Å²) in [5, 5.41) is 0. The van der Waals surface area contributed by atoms with Crippen molar-refractivity contribution in [2.75, 3.05) is 20.7 Å². The van der Waals surface area contributed by atoms with Crippen LogP contribution in [0.25, 0.3) is 0 Å². The van der Waals surface area contributed by atoms with Crippen LogP contribution in [0.15, 0.2) is 0 Å². The van der Waals surface area contributed by atoms with Gasteiger partial charge in [-0.3, -0.25) is 9.59 Å². The van der Waals surface area contributed by atoms with Gasteiger partial charge < -0.3 is 15.4 Å². The van der Waals surface area contributed by atoms with Gasteiger partial charge in [0.05, 0.1) is 13.2 Å². The Bertz CT molecular complexity index is 231. The average Bonchev–Trinajstić information content (AvgIpc) is 2.27. The normalized spacial score (nSPS) is 12.0. The molecule has 0 saturated heterocycles. The van der Waals surface area contributed by atoms with Crippen LogP contribution in [0.1, 0.15) is 32.6 Å². The van der Waals surface area contributed by atoms with Crippen LogP contribution in [0.4, 0.5) is 0 Å². The van der Waals surface area contributed by atoms with Gasteiger partial charge in [-0.2, -0.15) is 0 Å². The van der Waals surface area contributed by atoms with E-state index in [9.17, 15) is 9.59 Å². The average molecular weight is 230 g/mol. The summed E-state index contributed by atoms with van der Waals surface area (Å²) < 4.78 is 4.51. The standard InChI is InChI=1S/C11H22N2O3/c1-4-6-9(12)11(15)13(2)8-5-7-10(14)16-3/h9H,4-8,12H2,1-3H3. The first-order valence-corrected chi connectivity index (χ1v) is 5.60. The summed E-state index contributed by atoms with van der Waals surface area (Å²) in [5.74, 6) is -0.314. The van der Waals surface area contributed by atoms with Crippen molar-refractivity contribution in [1.29, 1.82) is 0 Å². The molecule has 0 heterocycles. The topological polar surface area (TPSA) is 72.6 Å². The van der Waals surface area contributed by atoms with Crippen LogP contribution in [-0.4, -0.2) is 43.5 Å². The number of nitrogens with two attached hydrogens (primary N) is 1. The largest absolute Gasteiger partial charge is 0.469 e. The number of rotatable bonds is 7. The number of amides is 1. The highest BCUT2D eigenvalue weighted by atomic mass is 16.5. The van der Waals surface area contributed by atoms with Gasteiger partial charge in [0.1, 0.15) is 0 Å². The minimum Gasteiger partial charge on any atom is -0.469 e. The molecule has 5 nitrogen and oxygen atoms in total. The third-order valence-corrected chi connectivity index (χ3v) is 2.40. The van der Waals surface area contributed by atoms with Gasteiger partial charge in [0.15, 0.2) is 0 Å². The van der Waals surface area contributed by atoms with Crippen molar-refractivity contribution in [2.45, 2.75) is 38.6 Å². The van der Waals surface area contributed by atoms with Crippen LogP contribution in [-0.2, 0) is 14.3 Å². The van der Waals surface area contributed by atoms with E-state index in [0.29, 0.717) is 25.8 Å². The van der Waals surface area contributed by atoms with E-state index in [4.69, 9.17) is 5.73 Å². The van der Waals surface area contributed by atoms with Crippen molar-refractivity contribution in [2.24, 2.45) is 5.73 Å². The zero-order chi connectivity index (χ0) is 12.6. The lowest BCUT2D eigenvalue weighted by atomic mass is 10.1. The number of hydrogen-bond donors (Lipinski definition) is 1. The third kappa shape index (κ3) is 5.70. The molecule has 0 aliphatic carbocycles. The molecule has 1 unspecified atom stereocenters. The molecule has 0 aromatic rings. The summed E-state index contributed by atoms with van der Waals surface area (Å²) in [6.07, 6.45) is 2.52. The Morgan fingerprint density at radius 1 is 1.44 bits per heavy atom. The SMILES string of the molecule is CCCC(N)C(=O)N(C)CCCC(=O)OC. The lowest BCUT2D eigenvalue weighted by Crippen LogP contribution is -2.42. The number of hydrogen-bond acceptors (Lipinski definition) is 4. The first-order valence-electron chi connectivity index (χ1n) is 5.60. The second kappa shape index (κ2) is 8.10. The zero-order valence-corrected chi connectivity index (χ0v) is 10.4. The van der Waals surface area contributed by atoms with Gasteiger partial charge in [-0.15, -0.1) is 0 Å². The maximum Gasteiger partial charge on any atom is 0.305 e. The van der Waals surface area contributed by atoms with E-state index in [0.717, 1.165) is 6.42 Å².